The third-order valence-corrected chi connectivity index (χ3v) is 2.54. The molecule has 0 amide bonds. The van der Waals surface area contributed by atoms with Gasteiger partial charge in [0, 0.05) is 25.4 Å². The first kappa shape index (κ1) is 11.8. The highest BCUT2D eigenvalue weighted by atomic mass is 16.4. The summed E-state index contributed by atoms with van der Waals surface area (Å²) in [6.45, 7) is 4.90. The quantitative estimate of drug-likeness (QED) is 0.780. The Labute approximate surface area is 89.9 Å². The van der Waals surface area contributed by atoms with E-state index in [1.54, 1.807) is 6.20 Å². The number of nitrogens with zero attached hydrogens (tertiary/aromatic N) is 2. The fourth-order valence-corrected chi connectivity index (χ4v) is 1.60. The van der Waals surface area contributed by atoms with Crippen molar-refractivity contribution in [2.24, 2.45) is 5.92 Å². The molecule has 0 saturated carbocycles. The maximum Gasteiger partial charge on any atom is 0.306 e. The molecule has 0 bridgehead atoms. The normalized spacial score (nSPS) is 12.7. The minimum atomic E-state index is -0.733. The van der Waals surface area contributed by atoms with Gasteiger partial charge in [-0.25, -0.2) is 4.98 Å². The Kier molecular flexibility index (Phi) is 4.34. The topological polar surface area (TPSA) is 55.1 Å². The summed E-state index contributed by atoms with van der Waals surface area (Å²) in [5.74, 6) is -0.169. The number of aliphatic carboxylic acids is 1. The van der Waals surface area contributed by atoms with Crippen LogP contribution in [0.3, 0.4) is 0 Å². The molecule has 1 unspecified atom stereocenters. The number of carbonyl (C=O) groups is 1. The molecule has 0 aliphatic carbocycles. The number of aromatic nitrogens is 2. The third kappa shape index (κ3) is 3.08. The van der Waals surface area contributed by atoms with Crippen LogP contribution in [0.1, 0.15) is 32.5 Å². The zero-order valence-electron chi connectivity index (χ0n) is 9.31. The number of imidazole rings is 1. The molecular formula is C11H18N2O2. The van der Waals surface area contributed by atoms with Crippen LogP contribution in [0.25, 0.3) is 0 Å². The summed E-state index contributed by atoms with van der Waals surface area (Å²) in [6, 6.07) is 0. The van der Waals surface area contributed by atoms with Crippen molar-refractivity contribution >= 4 is 5.97 Å². The average molecular weight is 210 g/mol. The predicted molar refractivity (Wildman–Crippen MR) is 57.6 cm³/mol. The summed E-state index contributed by atoms with van der Waals surface area (Å²) < 4.78 is 2.03. The van der Waals surface area contributed by atoms with E-state index in [4.69, 9.17) is 5.11 Å². The minimum absolute atomic E-state index is 0.317. The summed E-state index contributed by atoms with van der Waals surface area (Å²) in [7, 11) is 0. The first-order chi connectivity index (χ1) is 7.19. The maximum atomic E-state index is 10.9. The second kappa shape index (κ2) is 5.53. The molecule has 1 aromatic heterocycles. The van der Waals surface area contributed by atoms with E-state index in [0.29, 0.717) is 12.8 Å². The van der Waals surface area contributed by atoms with Gasteiger partial charge < -0.3 is 9.67 Å². The number of hydrogen-bond donors (Lipinski definition) is 1. The number of rotatable bonds is 6. The maximum absolute atomic E-state index is 10.9. The Morgan fingerprint density at radius 3 is 2.87 bits per heavy atom. The van der Waals surface area contributed by atoms with E-state index in [1.165, 1.54) is 0 Å². The number of aryl methyl sites for hydroxylation is 1. The predicted octanol–water partition coefficient (Wildman–Crippen LogP) is 1.95. The van der Waals surface area contributed by atoms with E-state index in [-0.39, 0.29) is 5.92 Å². The second-order valence-electron chi connectivity index (χ2n) is 3.68. The summed E-state index contributed by atoms with van der Waals surface area (Å²) in [6.07, 6.45) is 5.85. The Morgan fingerprint density at radius 1 is 1.60 bits per heavy atom. The molecule has 1 aromatic rings. The molecule has 1 rings (SSSR count). The minimum Gasteiger partial charge on any atom is -0.481 e. The van der Waals surface area contributed by atoms with Gasteiger partial charge in [-0.1, -0.05) is 13.8 Å². The van der Waals surface area contributed by atoms with Crippen molar-refractivity contribution in [3.05, 3.63) is 18.2 Å². The van der Waals surface area contributed by atoms with Crippen LogP contribution in [-0.2, 0) is 17.8 Å². The molecule has 0 saturated heterocycles. The zero-order chi connectivity index (χ0) is 11.3. The first-order valence-corrected chi connectivity index (χ1v) is 5.41. The van der Waals surface area contributed by atoms with Crippen LogP contribution in [0.5, 0.6) is 0 Å². The Morgan fingerprint density at radius 2 is 2.33 bits per heavy atom. The van der Waals surface area contributed by atoms with E-state index in [9.17, 15) is 4.79 Å². The van der Waals surface area contributed by atoms with Gasteiger partial charge in [0.05, 0.1) is 5.92 Å². The van der Waals surface area contributed by atoms with Crippen LogP contribution in [-0.4, -0.2) is 20.6 Å². The summed E-state index contributed by atoms with van der Waals surface area (Å²) in [4.78, 5) is 15.1. The van der Waals surface area contributed by atoms with Crippen LogP contribution in [0, 0.1) is 5.92 Å². The molecular weight excluding hydrogens is 192 g/mol. The lowest BCUT2D eigenvalue weighted by Crippen LogP contribution is -2.18. The van der Waals surface area contributed by atoms with Crippen molar-refractivity contribution in [1.82, 2.24) is 9.55 Å². The molecule has 0 aromatic carbocycles. The lowest BCUT2D eigenvalue weighted by molar-refractivity contribution is -0.141. The highest BCUT2D eigenvalue weighted by molar-refractivity contribution is 5.70. The fraction of sp³-hybridized carbons (Fsp3) is 0.636. The summed E-state index contributed by atoms with van der Waals surface area (Å²) in [5.41, 5.74) is 0. The molecule has 1 atom stereocenters. The standard InChI is InChI=1S/C11H18N2O2/c1-3-6-13-7-5-12-10(13)8-9(4-2)11(14)15/h5,7,9H,3-4,6,8H2,1-2H3,(H,14,15). The van der Waals surface area contributed by atoms with Gasteiger partial charge in [0.2, 0.25) is 0 Å². The van der Waals surface area contributed by atoms with Crippen LogP contribution in [0.2, 0.25) is 0 Å². The summed E-state index contributed by atoms with van der Waals surface area (Å²) in [5, 5.41) is 8.96. The molecule has 0 aliphatic heterocycles. The number of hydrogen-bond acceptors (Lipinski definition) is 2. The van der Waals surface area contributed by atoms with Crippen LogP contribution >= 0.6 is 0 Å². The van der Waals surface area contributed by atoms with Crippen molar-refractivity contribution in [1.29, 1.82) is 0 Å². The highest BCUT2D eigenvalue weighted by Crippen LogP contribution is 2.11. The van der Waals surface area contributed by atoms with Crippen LogP contribution < -0.4 is 0 Å². The van der Waals surface area contributed by atoms with Gasteiger partial charge in [-0.3, -0.25) is 4.79 Å². The third-order valence-electron chi connectivity index (χ3n) is 2.54. The number of carboxylic acids is 1. The Hall–Kier alpha value is -1.32. The molecule has 4 nitrogen and oxygen atoms in total. The second-order valence-corrected chi connectivity index (χ2v) is 3.68. The van der Waals surface area contributed by atoms with E-state index in [0.717, 1.165) is 18.8 Å². The highest BCUT2D eigenvalue weighted by Gasteiger charge is 2.17. The van der Waals surface area contributed by atoms with E-state index in [1.807, 2.05) is 17.7 Å². The fourth-order valence-electron chi connectivity index (χ4n) is 1.60. The molecule has 84 valence electrons. The van der Waals surface area contributed by atoms with Gasteiger partial charge in [-0.2, -0.15) is 0 Å². The molecule has 0 radical (unpaired) electrons. The smallest absolute Gasteiger partial charge is 0.306 e. The van der Waals surface area contributed by atoms with Crippen molar-refractivity contribution < 1.29 is 9.90 Å². The summed E-state index contributed by atoms with van der Waals surface area (Å²) >= 11 is 0. The van der Waals surface area contributed by atoms with Crippen molar-refractivity contribution in [3.8, 4) is 0 Å². The average Bonchev–Trinajstić information content (AvgIpc) is 2.62. The van der Waals surface area contributed by atoms with Gasteiger partial charge in [-0.15, -0.1) is 0 Å². The van der Waals surface area contributed by atoms with Gasteiger partial charge in [0.1, 0.15) is 5.82 Å². The Balaban J connectivity index is 2.69. The molecule has 0 spiro atoms. The number of carboxylic acid groups (broad SMARTS) is 1. The van der Waals surface area contributed by atoms with Crippen molar-refractivity contribution in [2.75, 3.05) is 0 Å². The first-order valence-electron chi connectivity index (χ1n) is 5.41. The van der Waals surface area contributed by atoms with Gasteiger partial charge in [-0.05, 0) is 12.8 Å². The molecule has 1 N–H and O–H groups in total. The van der Waals surface area contributed by atoms with E-state index < -0.39 is 5.97 Å². The van der Waals surface area contributed by atoms with Crippen molar-refractivity contribution in [2.45, 2.75) is 39.7 Å². The van der Waals surface area contributed by atoms with Gasteiger partial charge in [0.15, 0.2) is 0 Å². The molecule has 15 heavy (non-hydrogen) atoms. The van der Waals surface area contributed by atoms with E-state index in [2.05, 4.69) is 11.9 Å². The lowest BCUT2D eigenvalue weighted by atomic mass is 10.0. The monoisotopic (exact) mass is 210 g/mol. The zero-order valence-corrected chi connectivity index (χ0v) is 9.31. The molecule has 0 aliphatic rings. The molecule has 4 heteroatoms. The Bertz CT molecular complexity index is 320. The lowest BCUT2D eigenvalue weighted by Gasteiger charge is -2.10. The van der Waals surface area contributed by atoms with Crippen LogP contribution in [0.4, 0.5) is 0 Å². The van der Waals surface area contributed by atoms with E-state index >= 15 is 0 Å². The SMILES string of the molecule is CCCn1ccnc1CC(CC)C(=O)O. The largest absolute Gasteiger partial charge is 0.481 e. The molecule has 0 fully saturated rings. The molecule has 1 heterocycles. The van der Waals surface area contributed by atoms with Gasteiger partial charge >= 0.3 is 5.97 Å². The van der Waals surface area contributed by atoms with Crippen LogP contribution in [0.15, 0.2) is 12.4 Å². The van der Waals surface area contributed by atoms with Gasteiger partial charge in [0.25, 0.3) is 0 Å². The van der Waals surface area contributed by atoms with Crippen molar-refractivity contribution in [3.63, 3.8) is 0 Å².